The molecule has 0 radical (unpaired) electrons. The van der Waals surface area contributed by atoms with Crippen LogP contribution in [0.3, 0.4) is 0 Å². The van der Waals surface area contributed by atoms with Gasteiger partial charge in [-0.15, -0.1) is 0 Å². The number of piperidine rings is 1. The van der Waals surface area contributed by atoms with Crippen LogP contribution in [0.2, 0.25) is 0 Å². The number of H-pyrrole nitrogens is 1. The number of nitrogens with zero attached hydrogens (tertiary/aromatic N) is 3. The van der Waals surface area contributed by atoms with Crippen molar-refractivity contribution in [3.8, 4) is 0 Å². The number of halogens is 1. The molecule has 4 rings (SSSR count). The maximum absolute atomic E-state index is 11.5. The molecule has 3 heterocycles. The second-order valence-corrected chi connectivity index (χ2v) is 7.20. The van der Waals surface area contributed by atoms with Crippen LogP contribution >= 0.6 is 15.9 Å². The van der Waals surface area contributed by atoms with Crippen molar-refractivity contribution in [2.75, 3.05) is 18.8 Å². The highest BCUT2D eigenvalue weighted by molar-refractivity contribution is 9.10. The zero-order valence-electron chi connectivity index (χ0n) is 13.3. The monoisotopic (exact) mass is 387 g/mol. The number of nitrogens with two attached hydrogens (primary N) is 1. The van der Waals surface area contributed by atoms with Crippen molar-refractivity contribution in [1.29, 1.82) is 0 Å². The number of amides is 1. The second kappa shape index (κ2) is 5.73. The van der Waals surface area contributed by atoms with E-state index in [1.165, 1.54) is 0 Å². The number of nitrogens with one attached hydrogen (secondary N) is 1. The van der Waals surface area contributed by atoms with Gasteiger partial charge in [0.1, 0.15) is 22.7 Å². The summed E-state index contributed by atoms with van der Waals surface area (Å²) in [7, 11) is 0. The van der Waals surface area contributed by atoms with Crippen LogP contribution in [0, 0.1) is 0 Å². The number of aromatic nitrogens is 3. The number of fused-ring (bicyclic) bond motifs is 3. The average molecular weight is 388 g/mol. The number of nitrogen functional groups attached to an aromatic ring is 1. The van der Waals surface area contributed by atoms with E-state index in [2.05, 4.69) is 25.9 Å². The van der Waals surface area contributed by atoms with Crippen LogP contribution in [-0.4, -0.2) is 38.8 Å². The van der Waals surface area contributed by atoms with Crippen molar-refractivity contribution in [2.24, 2.45) is 0 Å². The van der Waals surface area contributed by atoms with Gasteiger partial charge in [0.2, 0.25) is 5.91 Å². The smallest absolute Gasteiger partial charge is 0.219 e. The Hall–Kier alpha value is -2.15. The fourth-order valence-electron chi connectivity index (χ4n) is 3.42. The lowest BCUT2D eigenvalue weighted by Gasteiger charge is -2.30. The van der Waals surface area contributed by atoms with E-state index < -0.39 is 0 Å². The SMILES string of the molecule is CC(=O)N1CCC(c2nc3c([nH]2)c(N)nc2cc(Br)ccc23)CC1. The molecule has 2 aromatic heterocycles. The molecule has 1 aliphatic heterocycles. The third kappa shape index (κ3) is 2.53. The molecule has 3 N–H and O–H groups in total. The zero-order chi connectivity index (χ0) is 16.8. The largest absolute Gasteiger partial charge is 0.382 e. The van der Waals surface area contributed by atoms with Crippen molar-refractivity contribution < 1.29 is 4.79 Å². The van der Waals surface area contributed by atoms with Crippen LogP contribution < -0.4 is 5.73 Å². The number of benzene rings is 1. The first kappa shape index (κ1) is 15.4. The Morgan fingerprint density at radius 1 is 1.33 bits per heavy atom. The fraction of sp³-hybridized carbons (Fsp3) is 0.353. The van der Waals surface area contributed by atoms with Gasteiger partial charge in [-0.2, -0.15) is 0 Å². The first-order chi connectivity index (χ1) is 11.5. The molecule has 0 atom stereocenters. The molecule has 1 amide bonds. The summed E-state index contributed by atoms with van der Waals surface area (Å²) in [6.45, 7) is 3.18. The molecule has 7 heteroatoms. The quantitative estimate of drug-likeness (QED) is 0.670. The molecule has 1 fully saturated rings. The first-order valence-electron chi connectivity index (χ1n) is 8.03. The Kier molecular flexibility index (Phi) is 3.68. The maximum atomic E-state index is 11.5. The minimum atomic E-state index is 0.142. The van der Waals surface area contributed by atoms with Crippen LogP contribution in [0.15, 0.2) is 22.7 Å². The van der Waals surface area contributed by atoms with Gasteiger partial charge in [-0.1, -0.05) is 15.9 Å². The van der Waals surface area contributed by atoms with Gasteiger partial charge >= 0.3 is 0 Å². The zero-order valence-corrected chi connectivity index (χ0v) is 14.9. The van der Waals surface area contributed by atoms with Crippen molar-refractivity contribution >= 4 is 49.6 Å². The lowest BCUT2D eigenvalue weighted by molar-refractivity contribution is -0.129. The van der Waals surface area contributed by atoms with E-state index in [1.54, 1.807) is 6.92 Å². The van der Waals surface area contributed by atoms with Crippen molar-refractivity contribution in [1.82, 2.24) is 19.9 Å². The van der Waals surface area contributed by atoms with E-state index in [0.29, 0.717) is 11.7 Å². The normalized spacial score (nSPS) is 16.2. The summed E-state index contributed by atoms with van der Waals surface area (Å²) in [4.78, 5) is 26.0. The highest BCUT2D eigenvalue weighted by Gasteiger charge is 2.25. The number of aromatic amines is 1. The number of carbonyl (C=O) groups is 1. The standard InChI is InChI=1S/C17H18BrN5O/c1-9(24)23-6-4-10(5-7-23)17-21-14-12-3-2-11(18)8-13(12)20-16(19)15(14)22-17/h2-3,8,10H,4-7H2,1H3,(H2,19,20)(H,21,22). The molecule has 1 aromatic carbocycles. The van der Waals surface area contributed by atoms with Gasteiger partial charge in [-0.3, -0.25) is 4.79 Å². The van der Waals surface area contributed by atoms with E-state index in [0.717, 1.165) is 58.2 Å². The van der Waals surface area contributed by atoms with Crippen LogP contribution in [0.25, 0.3) is 21.9 Å². The van der Waals surface area contributed by atoms with Crippen molar-refractivity contribution in [3.63, 3.8) is 0 Å². The molecule has 1 aliphatic rings. The summed E-state index contributed by atoms with van der Waals surface area (Å²) < 4.78 is 0.966. The predicted molar refractivity (Wildman–Crippen MR) is 97.7 cm³/mol. The summed E-state index contributed by atoms with van der Waals surface area (Å²) in [5.41, 5.74) is 8.63. The topological polar surface area (TPSA) is 87.9 Å². The molecular formula is C17H18BrN5O. The number of hydrogen-bond acceptors (Lipinski definition) is 4. The number of pyridine rings is 1. The van der Waals surface area contributed by atoms with E-state index in [4.69, 9.17) is 10.7 Å². The summed E-state index contributed by atoms with van der Waals surface area (Å²) in [5, 5.41) is 0.992. The third-order valence-corrected chi connectivity index (χ3v) is 5.25. The van der Waals surface area contributed by atoms with Gasteiger partial charge in [-0.05, 0) is 31.0 Å². The maximum Gasteiger partial charge on any atom is 0.219 e. The molecule has 1 saturated heterocycles. The van der Waals surface area contributed by atoms with E-state index in [9.17, 15) is 4.79 Å². The third-order valence-electron chi connectivity index (χ3n) is 4.76. The summed E-state index contributed by atoms with van der Waals surface area (Å²) in [5.74, 6) is 1.87. The average Bonchev–Trinajstić information content (AvgIpc) is 3.01. The van der Waals surface area contributed by atoms with E-state index in [1.807, 2.05) is 23.1 Å². The summed E-state index contributed by atoms with van der Waals surface area (Å²) in [6, 6.07) is 5.95. The Morgan fingerprint density at radius 2 is 2.08 bits per heavy atom. The van der Waals surface area contributed by atoms with Gasteiger partial charge in [0.25, 0.3) is 0 Å². The van der Waals surface area contributed by atoms with Gasteiger partial charge in [0, 0.05) is 35.8 Å². The Morgan fingerprint density at radius 3 is 2.79 bits per heavy atom. The molecule has 124 valence electrons. The van der Waals surface area contributed by atoms with Crippen molar-refractivity contribution in [2.45, 2.75) is 25.7 Å². The van der Waals surface area contributed by atoms with Crippen LogP contribution in [0.5, 0.6) is 0 Å². The van der Waals surface area contributed by atoms with Gasteiger partial charge in [-0.25, -0.2) is 9.97 Å². The Balaban J connectivity index is 1.75. The molecule has 0 unspecified atom stereocenters. The number of rotatable bonds is 1. The molecule has 0 saturated carbocycles. The molecule has 0 bridgehead atoms. The highest BCUT2D eigenvalue weighted by Crippen LogP contribution is 2.32. The van der Waals surface area contributed by atoms with Gasteiger partial charge < -0.3 is 15.6 Å². The van der Waals surface area contributed by atoms with E-state index in [-0.39, 0.29) is 5.91 Å². The molecule has 24 heavy (non-hydrogen) atoms. The van der Waals surface area contributed by atoms with Gasteiger partial charge in [0.05, 0.1) is 5.52 Å². The summed E-state index contributed by atoms with van der Waals surface area (Å²) >= 11 is 3.46. The Labute approximate surface area is 147 Å². The highest BCUT2D eigenvalue weighted by atomic mass is 79.9. The predicted octanol–water partition coefficient (Wildman–Crippen LogP) is 3.18. The van der Waals surface area contributed by atoms with E-state index >= 15 is 0 Å². The minimum absolute atomic E-state index is 0.142. The lowest BCUT2D eigenvalue weighted by atomic mass is 9.96. The van der Waals surface area contributed by atoms with Crippen molar-refractivity contribution in [3.05, 3.63) is 28.5 Å². The molecule has 3 aromatic rings. The Bertz CT molecular complexity index is 943. The minimum Gasteiger partial charge on any atom is -0.382 e. The number of anilines is 1. The first-order valence-corrected chi connectivity index (χ1v) is 8.82. The number of imidazole rings is 1. The molecule has 0 aliphatic carbocycles. The number of hydrogen-bond donors (Lipinski definition) is 2. The lowest BCUT2D eigenvalue weighted by Crippen LogP contribution is -2.36. The van der Waals surface area contributed by atoms with Crippen LogP contribution in [0.4, 0.5) is 5.82 Å². The van der Waals surface area contributed by atoms with Crippen LogP contribution in [0.1, 0.15) is 31.5 Å². The second-order valence-electron chi connectivity index (χ2n) is 6.28. The molecular weight excluding hydrogens is 370 g/mol. The number of likely N-dealkylation sites (tertiary alicyclic amines) is 1. The van der Waals surface area contributed by atoms with Gasteiger partial charge in [0.15, 0.2) is 0 Å². The summed E-state index contributed by atoms with van der Waals surface area (Å²) in [6.07, 6.45) is 1.83. The molecule has 6 nitrogen and oxygen atoms in total. The fourth-order valence-corrected chi connectivity index (χ4v) is 3.77. The number of carbonyl (C=O) groups excluding carboxylic acids is 1. The van der Waals surface area contributed by atoms with Crippen LogP contribution in [-0.2, 0) is 4.79 Å². The molecule has 0 spiro atoms.